The van der Waals surface area contributed by atoms with Crippen LogP contribution in [0.15, 0.2) is 115 Å². The minimum absolute atomic E-state index is 0.0151. The molecule has 0 saturated heterocycles. The Hall–Kier alpha value is -5.11. The highest BCUT2D eigenvalue weighted by atomic mass is 16.5. The Bertz CT molecular complexity index is 1850. The molecule has 0 aliphatic carbocycles. The van der Waals surface area contributed by atoms with Crippen molar-refractivity contribution >= 4 is 24.3 Å². The Labute approximate surface area is 340 Å². The molecule has 0 aliphatic rings. The molecule has 0 bridgehead atoms. The van der Waals surface area contributed by atoms with E-state index in [1.807, 2.05) is 94.0 Å². The summed E-state index contributed by atoms with van der Waals surface area (Å²) in [5.74, 6) is 0.167. The van der Waals surface area contributed by atoms with Gasteiger partial charge in [-0.2, -0.15) is 4.79 Å². The summed E-state index contributed by atoms with van der Waals surface area (Å²) in [5, 5.41) is 8.29. The molecule has 0 amide bonds. The summed E-state index contributed by atoms with van der Waals surface area (Å²) in [5.41, 5.74) is 13.5. The van der Waals surface area contributed by atoms with Gasteiger partial charge in [0, 0.05) is 18.3 Å². The van der Waals surface area contributed by atoms with Gasteiger partial charge in [0.25, 0.3) is 0 Å². The molecule has 2 heterocycles. The maximum atomic E-state index is 12.7. The molecule has 0 fully saturated rings. The number of hydrogen-bond donors (Lipinski definition) is 4. The Morgan fingerprint density at radius 3 is 2.04 bits per heavy atom. The first-order valence-corrected chi connectivity index (χ1v) is 20.2. The third kappa shape index (κ3) is 21.1. The fraction of sp³-hybridized carbons (Fsp3) is 0.438. The first-order chi connectivity index (χ1) is 26.4. The van der Waals surface area contributed by atoms with Gasteiger partial charge in [-0.1, -0.05) is 157 Å². The molecule has 56 heavy (non-hydrogen) atoms. The molecule has 8 nitrogen and oxygen atoms in total. The number of aromatic amines is 2. The number of hydrogen-bond acceptors (Lipinski definition) is 4. The Kier molecular flexibility index (Phi) is 24.2. The monoisotopic (exact) mass is 769 g/mol. The lowest BCUT2D eigenvalue weighted by Gasteiger charge is -2.22. The number of para-hydroxylation sites is 1. The smallest absolute Gasteiger partial charge is 0.311 e. The zero-order valence-electron chi connectivity index (χ0n) is 37.5. The van der Waals surface area contributed by atoms with E-state index < -0.39 is 0 Å². The second kappa shape index (κ2) is 26.7. The summed E-state index contributed by atoms with van der Waals surface area (Å²) in [6.07, 6.45) is 15.1. The van der Waals surface area contributed by atoms with E-state index in [1.165, 1.54) is 11.1 Å². The largest absolute Gasteiger partial charge is 0.426 e. The standard InChI is InChI=1S/C39H52N6O2.C5H12.2C2H6/c1-10-16-33(39(7,8)9)28-34(12-3)41-44-30(5)20-22-36(25-26-40-44)47-38(46)24-19-29(4)27-32(11-2)21-23-37-31(6)45(43-37)42-35-17-14-13-15-18-35;1-5(2,3)4;2*1-2/h10,13-18,20-23,25-26,28,40-43H,1,4,6,11-12,19,24,27H2,2-3,5,7-9H3;1-4H3;2*1-2H3/b26-25?,30-20?,32-21+,33-16+,34-28+,36-22?,37-23+;;;. The lowest BCUT2D eigenvalue weighted by molar-refractivity contribution is -0.134. The van der Waals surface area contributed by atoms with Gasteiger partial charge in [-0.3, -0.25) is 25.8 Å². The van der Waals surface area contributed by atoms with E-state index in [1.54, 1.807) is 23.1 Å². The number of carbonyl (C=O) groups excluding carboxylic acids is 1. The minimum atomic E-state index is -0.298. The average Bonchev–Trinajstić information content (AvgIpc) is 3.15. The normalized spacial score (nSPS) is 12.1. The SMILES string of the molecule is C=C/C=C(\C=C(/CC)Nn1[nH]ccc(OC(=O)CCC(=C)C/C(=C/C=c2/[nH]n(Nc3ccccc3)c2=C)CC)ccc1C)C(C)(C)C.CC.CC.CC(C)(C)C. The summed E-state index contributed by atoms with van der Waals surface area (Å²) < 4.78 is 5.67. The van der Waals surface area contributed by atoms with Crippen LogP contribution in [0.3, 0.4) is 0 Å². The molecule has 0 spiro atoms. The summed E-state index contributed by atoms with van der Waals surface area (Å²) in [4.78, 5) is 16.3. The number of rotatable bonds is 15. The maximum absolute atomic E-state index is 12.7. The van der Waals surface area contributed by atoms with Crippen molar-refractivity contribution in [3.05, 3.63) is 131 Å². The number of anilines is 1. The van der Waals surface area contributed by atoms with Crippen LogP contribution in [-0.2, 0) is 4.79 Å². The highest BCUT2D eigenvalue weighted by molar-refractivity contribution is 5.72. The molecule has 2 aromatic heterocycles. The van der Waals surface area contributed by atoms with Crippen molar-refractivity contribution in [3.63, 3.8) is 0 Å². The number of carbonyl (C=O) groups is 1. The van der Waals surface area contributed by atoms with Crippen LogP contribution in [0.4, 0.5) is 5.69 Å². The van der Waals surface area contributed by atoms with Crippen LogP contribution in [0.5, 0.6) is 5.75 Å². The van der Waals surface area contributed by atoms with E-state index in [9.17, 15) is 4.79 Å². The van der Waals surface area contributed by atoms with Gasteiger partial charge in [-0.15, -0.1) is 0 Å². The van der Waals surface area contributed by atoms with Gasteiger partial charge in [0.1, 0.15) is 5.75 Å². The van der Waals surface area contributed by atoms with Crippen LogP contribution in [0.2, 0.25) is 0 Å². The molecule has 0 saturated carbocycles. The molecule has 8 heteroatoms. The summed E-state index contributed by atoms with van der Waals surface area (Å²) in [7, 11) is 0. The molecule has 1 aromatic carbocycles. The minimum Gasteiger partial charge on any atom is -0.426 e. The van der Waals surface area contributed by atoms with Crippen molar-refractivity contribution in [2.45, 2.75) is 129 Å². The van der Waals surface area contributed by atoms with Crippen LogP contribution < -0.4 is 26.3 Å². The molecule has 3 rings (SSSR count). The van der Waals surface area contributed by atoms with Crippen molar-refractivity contribution in [1.82, 2.24) is 19.8 Å². The molecule has 0 radical (unpaired) electrons. The lowest BCUT2D eigenvalue weighted by atomic mass is 9.85. The zero-order chi connectivity index (χ0) is 42.9. The van der Waals surface area contributed by atoms with Gasteiger partial charge in [0.15, 0.2) is 0 Å². The molecular weight excluding hydrogens is 693 g/mol. The number of nitrogens with zero attached hydrogens (tertiary/aromatic N) is 2. The maximum Gasteiger partial charge on any atom is 0.311 e. The highest BCUT2D eigenvalue weighted by Gasteiger charge is 2.15. The third-order valence-corrected chi connectivity index (χ3v) is 7.58. The first kappa shape index (κ1) is 50.9. The molecule has 0 aliphatic heterocycles. The fourth-order valence-corrected chi connectivity index (χ4v) is 4.57. The van der Waals surface area contributed by atoms with Gasteiger partial charge in [0.2, 0.25) is 0 Å². The Balaban J connectivity index is 0.00000306. The van der Waals surface area contributed by atoms with Crippen molar-refractivity contribution in [2.75, 3.05) is 10.9 Å². The molecular formula is C48H76N6O2. The number of nitrogens with one attached hydrogen (secondary N) is 4. The highest BCUT2D eigenvalue weighted by Crippen LogP contribution is 2.27. The summed E-state index contributed by atoms with van der Waals surface area (Å²) in [6.45, 7) is 41.7. The topological polar surface area (TPSA) is 91.8 Å². The van der Waals surface area contributed by atoms with Gasteiger partial charge in [-0.25, -0.2) is 4.79 Å². The zero-order valence-corrected chi connectivity index (χ0v) is 37.5. The van der Waals surface area contributed by atoms with Crippen LogP contribution >= 0.6 is 0 Å². The lowest BCUT2D eigenvalue weighted by Crippen LogP contribution is -2.50. The van der Waals surface area contributed by atoms with E-state index in [-0.39, 0.29) is 17.8 Å². The number of aryl methyl sites for hydroxylation is 1. The van der Waals surface area contributed by atoms with Crippen molar-refractivity contribution in [1.29, 1.82) is 0 Å². The number of esters is 1. The second-order valence-corrected chi connectivity index (χ2v) is 15.4. The third-order valence-electron chi connectivity index (χ3n) is 7.58. The van der Waals surface area contributed by atoms with Crippen LogP contribution in [0, 0.1) is 17.8 Å². The molecule has 0 unspecified atom stereocenters. The van der Waals surface area contributed by atoms with E-state index in [2.05, 4.69) is 115 Å². The molecule has 0 atom stereocenters. The van der Waals surface area contributed by atoms with E-state index in [0.717, 1.165) is 52.6 Å². The van der Waals surface area contributed by atoms with Crippen molar-refractivity contribution in [3.8, 4) is 5.75 Å². The van der Waals surface area contributed by atoms with Gasteiger partial charge in [0.05, 0.1) is 22.1 Å². The summed E-state index contributed by atoms with van der Waals surface area (Å²) >= 11 is 0. The number of H-pyrrole nitrogens is 2. The molecule has 3 aromatic rings. The quantitative estimate of drug-likeness (QED) is 0.0704. The van der Waals surface area contributed by atoms with Crippen molar-refractivity contribution in [2.24, 2.45) is 10.8 Å². The summed E-state index contributed by atoms with van der Waals surface area (Å²) in [6, 6.07) is 15.4. The first-order valence-electron chi connectivity index (χ1n) is 20.2. The Morgan fingerprint density at radius 2 is 1.50 bits per heavy atom. The predicted molar refractivity (Wildman–Crippen MR) is 245 cm³/mol. The predicted octanol–water partition coefficient (Wildman–Crippen LogP) is 12.2. The van der Waals surface area contributed by atoms with Gasteiger partial charge >= 0.3 is 5.97 Å². The van der Waals surface area contributed by atoms with E-state index >= 15 is 0 Å². The number of aromatic nitrogens is 4. The van der Waals surface area contributed by atoms with E-state index in [4.69, 9.17) is 4.74 Å². The van der Waals surface area contributed by atoms with Crippen LogP contribution in [-0.4, -0.2) is 25.7 Å². The van der Waals surface area contributed by atoms with Crippen LogP contribution in [0.1, 0.15) is 128 Å². The van der Waals surface area contributed by atoms with Gasteiger partial charge < -0.3 is 4.74 Å². The average molecular weight is 769 g/mol. The van der Waals surface area contributed by atoms with E-state index in [0.29, 0.717) is 17.6 Å². The number of benzene rings is 1. The van der Waals surface area contributed by atoms with Crippen LogP contribution in [0.25, 0.3) is 12.7 Å². The number of ether oxygens (including phenoxy) is 1. The Morgan fingerprint density at radius 1 is 0.875 bits per heavy atom. The molecule has 310 valence electrons. The number of allylic oxidation sites excluding steroid dienone is 8. The molecule has 4 N–H and O–H groups in total. The van der Waals surface area contributed by atoms with Crippen molar-refractivity contribution < 1.29 is 9.53 Å². The fourth-order valence-electron chi connectivity index (χ4n) is 4.57. The second-order valence-electron chi connectivity index (χ2n) is 15.4. The van der Waals surface area contributed by atoms with Gasteiger partial charge in [-0.05, 0) is 91.5 Å².